The molecule has 25 heavy (non-hydrogen) atoms. The van der Waals surface area contributed by atoms with Gasteiger partial charge in [-0.2, -0.15) is 0 Å². The molecule has 0 amide bonds. The largest absolute Gasteiger partial charge is 0.477 e. The van der Waals surface area contributed by atoms with E-state index < -0.39 is 5.97 Å². The van der Waals surface area contributed by atoms with Gasteiger partial charge in [0.1, 0.15) is 11.0 Å². The monoisotopic (exact) mass is 395 g/mol. The molecule has 0 unspecified atom stereocenters. The highest BCUT2D eigenvalue weighted by Crippen LogP contribution is 2.27. The Morgan fingerprint density at radius 1 is 1.20 bits per heavy atom. The van der Waals surface area contributed by atoms with Gasteiger partial charge in [-0.15, -0.1) is 0 Å². The molecule has 0 fully saturated rings. The van der Waals surface area contributed by atoms with Crippen LogP contribution >= 0.6 is 34.8 Å². The van der Waals surface area contributed by atoms with E-state index >= 15 is 0 Å². The van der Waals surface area contributed by atoms with Gasteiger partial charge in [0, 0.05) is 21.8 Å². The van der Waals surface area contributed by atoms with Crippen LogP contribution < -0.4 is 0 Å². The summed E-state index contributed by atoms with van der Waals surface area (Å²) in [5.74, 6) is -0.605. The molecule has 8 heteroatoms. The Morgan fingerprint density at radius 3 is 2.60 bits per heavy atom. The summed E-state index contributed by atoms with van der Waals surface area (Å²) in [6.45, 7) is 1.85. The Morgan fingerprint density at radius 2 is 1.96 bits per heavy atom. The molecule has 0 aliphatic heterocycles. The van der Waals surface area contributed by atoms with E-state index in [1.807, 2.05) is 0 Å². The Kier molecular flexibility index (Phi) is 4.99. The van der Waals surface area contributed by atoms with E-state index in [2.05, 4.69) is 9.97 Å². The normalized spacial score (nSPS) is 10.9. The molecule has 0 spiro atoms. The van der Waals surface area contributed by atoms with Crippen molar-refractivity contribution in [1.29, 1.82) is 0 Å². The summed E-state index contributed by atoms with van der Waals surface area (Å²) in [4.78, 5) is 20.2. The lowest BCUT2D eigenvalue weighted by Crippen LogP contribution is -2.12. The third-order valence-corrected chi connectivity index (χ3v) is 4.49. The number of rotatable bonds is 4. The Labute approximate surface area is 158 Å². The molecule has 0 saturated heterocycles. The van der Waals surface area contributed by atoms with Crippen LogP contribution in [-0.2, 0) is 6.54 Å². The zero-order valence-corrected chi connectivity index (χ0v) is 15.3. The molecule has 0 atom stereocenters. The molecule has 0 bridgehead atoms. The molecule has 1 N–H and O–H groups in total. The maximum atomic E-state index is 11.7. The van der Waals surface area contributed by atoms with Crippen molar-refractivity contribution in [3.05, 3.63) is 68.7 Å². The van der Waals surface area contributed by atoms with Crippen LogP contribution in [-0.4, -0.2) is 25.6 Å². The average molecular weight is 397 g/mol. The van der Waals surface area contributed by atoms with E-state index in [-0.39, 0.29) is 12.2 Å². The minimum absolute atomic E-state index is 0.0843. The molecule has 1 aromatic carbocycles. The van der Waals surface area contributed by atoms with Crippen molar-refractivity contribution < 1.29 is 9.90 Å². The standard InChI is InChI=1S/C17H12Cl3N3O2/c1-9-15(17(24)25)23(8-11-6-12(18)3-4-13(11)19)16(22-9)10-2-5-14(20)21-7-10/h2-7H,8H2,1H3,(H,24,25). The van der Waals surface area contributed by atoms with Gasteiger partial charge < -0.3 is 9.67 Å². The minimum atomic E-state index is -1.07. The third kappa shape index (κ3) is 3.63. The molecule has 2 heterocycles. The van der Waals surface area contributed by atoms with Gasteiger partial charge in [0.05, 0.1) is 12.2 Å². The molecule has 2 aromatic heterocycles. The molecular weight excluding hydrogens is 385 g/mol. The number of imidazole rings is 1. The van der Waals surface area contributed by atoms with Gasteiger partial charge in [0.15, 0.2) is 5.69 Å². The number of hydrogen-bond donors (Lipinski definition) is 1. The topological polar surface area (TPSA) is 68.0 Å². The molecule has 0 saturated carbocycles. The zero-order valence-electron chi connectivity index (χ0n) is 13.0. The highest BCUT2D eigenvalue weighted by molar-refractivity contribution is 6.33. The van der Waals surface area contributed by atoms with Crippen molar-refractivity contribution in [3.8, 4) is 11.4 Å². The first-order valence-electron chi connectivity index (χ1n) is 7.23. The van der Waals surface area contributed by atoms with Crippen molar-refractivity contribution >= 4 is 40.8 Å². The smallest absolute Gasteiger partial charge is 0.354 e. The quantitative estimate of drug-likeness (QED) is 0.633. The molecule has 128 valence electrons. The van der Waals surface area contributed by atoms with Gasteiger partial charge in [-0.1, -0.05) is 34.8 Å². The summed E-state index contributed by atoms with van der Waals surface area (Å²) in [6, 6.07) is 8.41. The third-order valence-electron chi connectivity index (χ3n) is 3.67. The fourth-order valence-electron chi connectivity index (χ4n) is 2.56. The number of carbonyl (C=O) groups is 1. The summed E-state index contributed by atoms with van der Waals surface area (Å²) in [6.07, 6.45) is 1.55. The number of aryl methyl sites for hydroxylation is 1. The van der Waals surface area contributed by atoms with Gasteiger partial charge in [0.2, 0.25) is 0 Å². The van der Waals surface area contributed by atoms with E-state index in [4.69, 9.17) is 34.8 Å². The summed E-state index contributed by atoms with van der Waals surface area (Å²) in [7, 11) is 0. The molecule has 0 radical (unpaired) electrons. The second-order valence-corrected chi connectivity index (χ2v) is 6.60. The van der Waals surface area contributed by atoms with Gasteiger partial charge in [-0.3, -0.25) is 0 Å². The summed E-state index contributed by atoms with van der Waals surface area (Å²) in [5, 5.41) is 10.9. The number of benzene rings is 1. The van der Waals surface area contributed by atoms with Crippen molar-refractivity contribution in [1.82, 2.24) is 14.5 Å². The van der Waals surface area contributed by atoms with Crippen molar-refractivity contribution in [2.24, 2.45) is 0 Å². The Hall–Kier alpha value is -2.08. The lowest BCUT2D eigenvalue weighted by atomic mass is 10.2. The van der Waals surface area contributed by atoms with E-state index in [9.17, 15) is 9.90 Å². The molecule has 0 aliphatic rings. The molecule has 5 nitrogen and oxygen atoms in total. The number of carboxylic acids is 1. The number of aromatic carboxylic acids is 1. The highest BCUT2D eigenvalue weighted by atomic mass is 35.5. The first-order chi connectivity index (χ1) is 11.9. The lowest BCUT2D eigenvalue weighted by Gasteiger charge is -2.12. The predicted molar refractivity (Wildman–Crippen MR) is 97.7 cm³/mol. The SMILES string of the molecule is Cc1nc(-c2ccc(Cl)nc2)n(Cc2cc(Cl)ccc2Cl)c1C(=O)O. The second kappa shape index (κ2) is 7.04. The van der Waals surface area contributed by atoms with Gasteiger partial charge in [0.25, 0.3) is 0 Å². The predicted octanol–water partition coefficient (Wildman–Crippen LogP) is 4.96. The van der Waals surface area contributed by atoms with Crippen molar-refractivity contribution in [2.45, 2.75) is 13.5 Å². The van der Waals surface area contributed by atoms with Crippen LogP contribution in [0.15, 0.2) is 36.5 Å². The first kappa shape index (κ1) is 17.7. The minimum Gasteiger partial charge on any atom is -0.477 e. The Balaban J connectivity index is 2.17. The Bertz CT molecular complexity index is 953. The number of carboxylic acid groups (broad SMARTS) is 1. The van der Waals surface area contributed by atoms with Crippen LogP contribution in [0, 0.1) is 6.92 Å². The second-order valence-electron chi connectivity index (χ2n) is 5.37. The van der Waals surface area contributed by atoms with Crippen LogP contribution in [0.5, 0.6) is 0 Å². The van der Waals surface area contributed by atoms with Gasteiger partial charge in [-0.05, 0) is 42.8 Å². The summed E-state index contributed by atoms with van der Waals surface area (Å²) < 4.78 is 1.58. The molecular formula is C17H12Cl3N3O2. The first-order valence-corrected chi connectivity index (χ1v) is 8.36. The van der Waals surface area contributed by atoms with E-state index in [0.29, 0.717) is 37.8 Å². The summed E-state index contributed by atoms with van der Waals surface area (Å²) in [5.41, 5.74) is 1.83. The maximum absolute atomic E-state index is 11.7. The van der Waals surface area contributed by atoms with Gasteiger partial charge in [-0.25, -0.2) is 14.8 Å². The maximum Gasteiger partial charge on any atom is 0.354 e. The van der Waals surface area contributed by atoms with Crippen LogP contribution in [0.25, 0.3) is 11.4 Å². The summed E-state index contributed by atoms with van der Waals surface area (Å²) >= 11 is 18.1. The number of aromatic nitrogens is 3. The van der Waals surface area contributed by atoms with Crippen LogP contribution in [0.2, 0.25) is 15.2 Å². The highest BCUT2D eigenvalue weighted by Gasteiger charge is 2.22. The lowest BCUT2D eigenvalue weighted by molar-refractivity contribution is 0.0685. The number of halogens is 3. The fourth-order valence-corrected chi connectivity index (χ4v) is 3.04. The van der Waals surface area contributed by atoms with Crippen LogP contribution in [0.1, 0.15) is 21.7 Å². The van der Waals surface area contributed by atoms with E-state index in [1.54, 1.807) is 48.0 Å². The van der Waals surface area contributed by atoms with Gasteiger partial charge >= 0.3 is 5.97 Å². The average Bonchev–Trinajstić information content (AvgIpc) is 2.88. The van der Waals surface area contributed by atoms with Crippen molar-refractivity contribution in [3.63, 3.8) is 0 Å². The van der Waals surface area contributed by atoms with Crippen LogP contribution in [0.4, 0.5) is 0 Å². The molecule has 3 rings (SSSR count). The van der Waals surface area contributed by atoms with Crippen LogP contribution in [0.3, 0.4) is 0 Å². The number of pyridine rings is 1. The number of nitrogens with zero attached hydrogens (tertiary/aromatic N) is 3. The molecule has 3 aromatic rings. The fraction of sp³-hybridized carbons (Fsp3) is 0.118. The molecule has 0 aliphatic carbocycles. The van der Waals surface area contributed by atoms with E-state index in [0.717, 1.165) is 0 Å². The van der Waals surface area contributed by atoms with E-state index in [1.165, 1.54) is 0 Å². The van der Waals surface area contributed by atoms with Crippen molar-refractivity contribution in [2.75, 3.05) is 0 Å². The zero-order chi connectivity index (χ0) is 18.1. The number of hydrogen-bond acceptors (Lipinski definition) is 3.